The Kier molecular flexibility index (Phi) is 0.932. The Morgan fingerprint density at radius 2 is 2.00 bits per heavy atom. The van der Waals surface area contributed by atoms with Crippen LogP contribution in [-0.2, 0) is 0 Å². The van der Waals surface area contributed by atoms with Gasteiger partial charge in [0.15, 0.2) is 0 Å². The van der Waals surface area contributed by atoms with E-state index in [2.05, 4.69) is 7.85 Å². The van der Waals surface area contributed by atoms with E-state index in [4.69, 9.17) is 0 Å². The molecule has 0 heterocycles. The number of rotatable bonds is 0. The zero-order valence-electron chi connectivity index (χ0n) is 5.56. The molecule has 0 N–H and O–H groups in total. The van der Waals surface area contributed by atoms with Gasteiger partial charge in [0.25, 0.3) is 0 Å². The fraction of sp³-hybridized carbons (Fsp3) is 1.00. The largest absolute Gasteiger partial charge is 0.105 e. The van der Waals surface area contributed by atoms with Crippen molar-refractivity contribution in [2.75, 3.05) is 0 Å². The van der Waals surface area contributed by atoms with Crippen LogP contribution in [0.25, 0.3) is 0 Å². The van der Waals surface area contributed by atoms with Crippen LogP contribution in [0.2, 0.25) is 5.82 Å². The van der Waals surface area contributed by atoms with E-state index < -0.39 is 0 Å². The minimum absolute atomic E-state index is 1.08. The van der Waals surface area contributed by atoms with Gasteiger partial charge in [-0.05, 0) is 18.3 Å². The Balaban J connectivity index is 2.11. The van der Waals surface area contributed by atoms with Crippen molar-refractivity contribution in [2.45, 2.75) is 31.5 Å². The number of hydrogen-bond donors (Lipinski definition) is 0. The van der Waals surface area contributed by atoms with Crippen LogP contribution in [0, 0.1) is 11.8 Å². The summed E-state index contributed by atoms with van der Waals surface area (Å²) in [4.78, 5) is 0. The maximum Gasteiger partial charge on any atom is 0.105 e. The molecule has 2 rings (SSSR count). The Hall–Kier alpha value is 0.0649. The van der Waals surface area contributed by atoms with Gasteiger partial charge in [0, 0.05) is 0 Å². The molecule has 0 amide bonds. The van der Waals surface area contributed by atoms with Crippen LogP contribution in [0.4, 0.5) is 0 Å². The molecule has 8 heavy (non-hydrogen) atoms. The Labute approximate surface area is 52.1 Å². The van der Waals surface area contributed by atoms with Crippen LogP contribution in [-0.4, -0.2) is 7.85 Å². The lowest BCUT2D eigenvalue weighted by Gasteiger charge is -2.15. The molecule has 3 unspecified atom stereocenters. The lowest BCUT2D eigenvalue weighted by atomic mass is 9.75. The van der Waals surface area contributed by atoms with E-state index in [0.29, 0.717) is 0 Å². The van der Waals surface area contributed by atoms with Gasteiger partial charge in [0.2, 0.25) is 0 Å². The third-order valence-corrected chi connectivity index (χ3v) is 3.09. The number of hydrogen-bond acceptors (Lipinski definition) is 0. The van der Waals surface area contributed by atoms with Gasteiger partial charge in [0.05, 0.1) is 0 Å². The van der Waals surface area contributed by atoms with Crippen LogP contribution in [0.1, 0.15) is 25.7 Å². The van der Waals surface area contributed by atoms with Gasteiger partial charge in [0.1, 0.15) is 7.85 Å². The Morgan fingerprint density at radius 3 is 2.25 bits per heavy atom. The van der Waals surface area contributed by atoms with E-state index in [-0.39, 0.29) is 0 Å². The van der Waals surface area contributed by atoms with Gasteiger partial charge in [-0.2, -0.15) is 0 Å². The first-order valence-corrected chi connectivity index (χ1v) is 3.86. The lowest BCUT2D eigenvalue weighted by molar-refractivity contribution is 0.480. The first kappa shape index (κ1) is 4.90. The van der Waals surface area contributed by atoms with Crippen molar-refractivity contribution < 1.29 is 0 Å². The highest BCUT2D eigenvalue weighted by atomic mass is 14.4. The first-order valence-electron chi connectivity index (χ1n) is 3.86. The third-order valence-electron chi connectivity index (χ3n) is 3.09. The summed E-state index contributed by atoms with van der Waals surface area (Å²) < 4.78 is 0. The molecular formula is C7H13B. The highest BCUT2D eigenvalue weighted by molar-refractivity contribution is 6.12. The second-order valence-corrected chi connectivity index (χ2v) is 3.65. The molecule has 2 saturated carbocycles. The Morgan fingerprint density at radius 1 is 1.12 bits per heavy atom. The van der Waals surface area contributed by atoms with Gasteiger partial charge in [-0.15, -0.1) is 0 Å². The summed E-state index contributed by atoms with van der Waals surface area (Å²) in [6.07, 6.45) is 6.21. The molecule has 0 aliphatic heterocycles. The molecule has 2 bridgehead atoms. The van der Waals surface area contributed by atoms with Crippen molar-refractivity contribution >= 4 is 7.85 Å². The average Bonchev–Trinajstić information content (AvgIpc) is 2.23. The molecule has 2 aliphatic rings. The summed E-state index contributed by atoms with van der Waals surface area (Å²) in [6.45, 7) is 0. The van der Waals surface area contributed by atoms with Crippen LogP contribution >= 0.6 is 0 Å². The molecule has 44 valence electrons. The smallest absolute Gasteiger partial charge is 0.0667 e. The predicted molar refractivity (Wildman–Crippen MR) is 37.7 cm³/mol. The fourth-order valence-corrected chi connectivity index (χ4v) is 2.56. The molecule has 0 aromatic heterocycles. The molecule has 0 aromatic rings. The van der Waals surface area contributed by atoms with Crippen LogP contribution in [0.3, 0.4) is 0 Å². The maximum atomic E-state index is 2.42. The third kappa shape index (κ3) is 0.534. The van der Waals surface area contributed by atoms with Crippen molar-refractivity contribution in [1.82, 2.24) is 0 Å². The molecule has 0 aromatic carbocycles. The molecule has 3 atom stereocenters. The maximum absolute atomic E-state index is 2.42. The second kappa shape index (κ2) is 1.52. The molecule has 0 radical (unpaired) electrons. The molecule has 1 heteroatoms. The van der Waals surface area contributed by atoms with E-state index >= 15 is 0 Å². The van der Waals surface area contributed by atoms with Gasteiger partial charge >= 0.3 is 0 Å². The summed E-state index contributed by atoms with van der Waals surface area (Å²) in [5, 5.41) is 0. The summed E-state index contributed by atoms with van der Waals surface area (Å²) in [5.41, 5.74) is 0. The second-order valence-electron chi connectivity index (χ2n) is 3.65. The monoisotopic (exact) mass is 108 g/mol. The SMILES string of the molecule is BC1CC2CCC1C2. The average molecular weight is 108 g/mol. The van der Waals surface area contributed by atoms with Crippen LogP contribution in [0.5, 0.6) is 0 Å². The van der Waals surface area contributed by atoms with Crippen molar-refractivity contribution in [3.8, 4) is 0 Å². The topological polar surface area (TPSA) is 0 Å². The zero-order chi connectivity index (χ0) is 5.56. The fourth-order valence-electron chi connectivity index (χ4n) is 2.56. The standard InChI is InChI=1S/C7H13B/c8-7-4-5-1-2-6(7)3-5/h5-7H,1-4,8H2. The molecule has 2 aliphatic carbocycles. The van der Waals surface area contributed by atoms with E-state index in [1.54, 1.807) is 25.7 Å². The lowest BCUT2D eigenvalue weighted by Crippen LogP contribution is -2.02. The van der Waals surface area contributed by atoms with E-state index in [1.165, 1.54) is 0 Å². The van der Waals surface area contributed by atoms with Crippen molar-refractivity contribution in [3.63, 3.8) is 0 Å². The summed E-state index contributed by atoms with van der Waals surface area (Å²) in [6, 6.07) is 0. The molecule has 2 fully saturated rings. The van der Waals surface area contributed by atoms with E-state index in [0.717, 1.165) is 17.7 Å². The molecule has 0 saturated heterocycles. The number of fused-ring (bicyclic) bond motifs is 2. The normalized spacial score (nSPS) is 52.8. The van der Waals surface area contributed by atoms with Gasteiger partial charge in [-0.3, -0.25) is 0 Å². The highest BCUT2D eigenvalue weighted by Crippen LogP contribution is 2.49. The summed E-state index contributed by atoms with van der Waals surface area (Å²) >= 11 is 0. The highest BCUT2D eigenvalue weighted by Gasteiger charge is 2.36. The predicted octanol–water partition coefficient (Wildman–Crippen LogP) is 1.23. The van der Waals surface area contributed by atoms with Gasteiger partial charge in [-0.25, -0.2) is 0 Å². The van der Waals surface area contributed by atoms with Crippen LogP contribution < -0.4 is 0 Å². The minimum atomic E-state index is 1.08. The minimum Gasteiger partial charge on any atom is -0.0667 e. The summed E-state index contributed by atoms with van der Waals surface area (Å²) in [7, 11) is 2.42. The quantitative estimate of drug-likeness (QED) is 0.409. The van der Waals surface area contributed by atoms with Crippen molar-refractivity contribution in [1.29, 1.82) is 0 Å². The first-order chi connectivity index (χ1) is 3.86. The van der Waals surface area contributed by atoms with E-state index in [1.807, 2.05) is 0 Å². The zero-order valence-corrected chi connectivity index (χ0v) is 5.56. The summed E-state index contributed by atoms with van der Waals surface area (Å²) in [5.74, 6) is 3.36. The van der Waals surface area contributed by atoms with Crippen molar-refractivity contribution in [3.05, 3.63) is 0 Å². The Bertz CT molecular complexity index is 98.6. The molecular weight excluding hydrogens is 94.9 g/mol. The van der Waals surface area contributed by atoms with Crippen molar-refractivity contribution in [2.24, 2.45) is 11.8 Å². The van der Waals surface area contributed by atoms with Gasteiger partial charge < -0.3 is 0 Å². The molecule has 0 nitrogen and oxygen atoms in total. The van der Waals surface area contributed by atoms with Crippen LogP contribution in [0.15, 0.2) is 0 Å². The molecule has 0 spiro atoms. The van der Waals surface area contributed by atoms with Gasteiger partial charge in [-0.1, -0.05) is 25.1 Å². The van der Waals surface area contributed by atoms with E-state index in [9.17, 15) is 0 Å².